The zero-order valence-electron chi connectivity index (χ0n) is 13.7. The summed E-state index contributed by atoms with van der Waals surface area (Å²) in [6.07, 6.45) is -0.0878. The summed E-state index contributed by atoms with van der Waals surface area (Å²) in [5.41, 5.74) is 0.581. The van der Waals surface area contributed by atoms with Crippen molar-refractivity contribution in [2.75, 3.05) is 10.0 Å². The highest BCUT2D eigenvalue weighted by molar-refractivity contribution is 7.93. The van der Waals surface area contributed by atoms with E-state index in [1.807, 2.05) is 0 Å². The first-order valence-corrected chi connectivity index (χ1v) is 10.4. The minimum atomic E-state index is -3.74. The molecular weight excluding hydrogens is 410 g/mol. The van der Waals surface area contributed by atoms with Crippen LogP contribution in [0.25, 0.3) is 0 Å². The maximum absolute atomic E-state index is 12.3. The standard InChI is InChI=1S/C17H14ClN3O4S2/c18-11-6-7-15(22)14(8-11)20-16(23)9-12-10-26-17(19-12)21-27(24,25)13-4-2-1-3-5-13/h1-8,10,22H,9H2,(H,19,21)(H,20,23). The summed E-state index contributed by atoms with van der Waals surface area (Å²) in [5.74, 6) is -0.530. The van der Waals surface area contributed by atoms with Gasteiger partial charge in [0.15, 0.2) is 5.13 Å². The number of anilines is 2. The fraction of sp³-hybridized carbons (Fsp3) is 0.0588. The highest BCUT2D eigenvalue weighted by atomic mass is 35.5. The molecule has 3 N–H and O–H groups in total. The third-order valence-electron chi connectivity index (χ3n) is 3.40. The molecule has 0 bridgehead atoms. The fourth-order valence-corrected chi connectivity index (χ4v) is 4.33. The lowest BCUT2D eigenvalue weighted by molar-refractivity contribution is -0.115. The predicted octanol–water partition coefficient (Wildman–Crippen LogP) is 3.48. The molecular formula is C17H14ClN3O4S2. The number of hydrogen-bond donors (Lipinski definition) is 3. The molecule has 3 aromatic rings. The monoisotopic (exact) mass is 423 g/mol. The first kappa shape index (κ1) is 19.2. The second kappa shape index (κ2) is 7.95. The number of phenolic OH excluding ortho intramolecular Hbond substituents is 1. The number of carbonyl (C=O) groups excluding carboxylic acids is 1. The molecule has 0 aliphatic heterocycles. The Morgan fingerprint density at radius 3 is 2.67 bits per heavy atom. The van der Waals surface area contributed by atoms with Gasteiger partial charge in [0.25, 0.3) is 10.0 Å². The summed E-state index contributed by atoms with van der Waals surface area (Å²) in [4.78, 5) is 16.4. The van der Waals surface area contributed by atoms with E-state index in [2.05, 4.69) is 15.0 Å². The highest BCUT2D eigenvalue weighted by Gasteiger charge is 2.16. The van der Waals surface area contributed by atoms with Gasteiger partial charge in [-0.2, -0.15) is 0 Å². The lowest BCUT2D eigenvalue weighted by Gasteiger charge is -2.07. The molecule has 140 valence electrons. The van der Waals surface area contributed by atoms with Gasteiger partial charge in [-0.1, -0.05) is 29.8 Å². The van der Waals surface area contributed by atoms with Crippen LogP contribution in [-0.2, 0) is 21.2 Å². The second-order valence-corrected chi connectivity index (χ2v) is 8.43. The van der Waals surface area contributed by atoms with E-state index in [-0.39, 0.29) is 27.9 Å². The molecule has 0 aliphatic rings. The molecule has 0 radical (unpaired) electrons. The molecule has 0 saturated carbocycles. The maximum Gasteiger partial charge on any atom is 0.263 e. The van der Waals surface area contributed by atoms with E-state index in [1.165, 1.54) is 30.3 Å². The topological polar surface area (TPSA) is 108 Å². The second-order valence-electron chi connectivity index (χ2n) is 5.45. The molecule has 1 heterocycles. The Labute approximate surface area is 164 Å². The van der Waals surface area contributed by atoms with E-state index in [4.69, 9.17) is 11.6 Å². The number of nitrogens with one attached hydrogen (secondary N) is 2. The molecule has 3 rings (SSSR count). The molecule has 0 aliphatic carbocycles. The average molecular weight is 424 g/mol. The Bertz CT molecular complexity index is 1070. The van der Waals surface area contributed by atoms with Gasteiger partial charge in [-0.3, -0.25) is 9.52 Å². The van der Waals surface area contributed by atoms with Crippen LogP contribution in [-0.4, -0.2) is 24.4 Å². The van der Waals surface area contributed by atoms with Gasteiger partial charge in [0, 0.05) is 10.4 Å². The Morgan fingerprint density at radius 2 is 1.93 bits per heavy atom. The van der Waals surface area contributed by atoms with Crippen molar-refractivity contribution in [2.24, 2.45) is 0 Å². The van der Waals surface area contributed by atoms with Crippen molar-refractivity contribution in [1.29, 1.82) is 0 Å². The quantitative estimate of drug-likeness (QED) is 0.526. The molecule has 1 amide bonds. The lowest BCUT2D eigenvalue weighted by atomic mass is 10.2. The van der Waals surface area contributed by atoms with Crippen molar-refractivity contribution >= 4 is 49.7 Å². The predicted molar refractivity (Wildman–Crippen MR) is 105 cm³/mol. The first-order chi connectivity index (χ1) is 12.8. The van der Waals surface area contributed by atoms with E-state index < -0.39 is 15.9 Å². The number of nitrogens with zero attached hydrogens (tertiary/aromatic N) is 1. The van der Waals surface area contributed by atoms with Crippen molar-refractivity contribution in [2.45, 2.75) is 11.3 Å². The fourth-order valence-electron chi connectivity index (χ4n) is 2.18. The maximum atomic E-state index is 12.3. The molecule has 0 atom stereocenters. The molecule has 1 aromatic heterocycles. The van der Waals surface area contributed by atoms with E-state index in [1.54, 1.807) is 23.6 Å². The number of carbonyl (C=O) groups is 1. The van der Waals surface area contributed by atoms with Gasteiger partial charge in [-0.25, -0.2) is 13.4 Å². The Kier molecular flexibility index (Phi) is 5.64. The third kappa shape index (κ3) is 4.97. The molecule has 0 fully saturated rings. The number of aromatic hydroxyl groups is 1. The number of amides is 1. The zero-order chi connectivity index (χ0) is 19.4. The number of halogens is 1. The van der Waals surface area contributed by atoms with Crippen molar-refractivity contribution in [1.82, 2.24) is 4.98 Å². The number of phenols is 1. The van der Waals surface area contributed by atoms with Crippen LogP contribution in [0.15, 0.2) is 58.8 Å². The number of rotatable bonds is 6. The highest BCUT2D eigenvalue weighted by Crippen LogP contribution is 2.27. The number of benzene rings is 2. The SMILES string of the molecule is O=C(Cc1csc(NS(=O)(=O)c2ccccc2)n1)Nc1cc(Cl)ccc1O. The van der Waals surface area contributed by atoms with Crippen LogP contribution in [0.3, 0.4) is 0 Å². The summed E-state index contributed by atoms with van der Waals surface area (Å²) in [6, 6.07) is 12.2. The van der Waals surface area contributed by atoms with Crippen molar-refractivity contribution in [3.8, 4) is 5.75 Å². The normalized spacial score (nSPS) is 11.1. The molecule has 10 heteroatoms. The van der Waals surface area contributed by atoms with Gasteiger partial charge < -0.3 is 10.4 Å². The molecule has 0 saturated heterocycles. The lowest BCUT2D eigenvalue weighted by Crippen LogP contribution is -2.15. The van der Waals surface area contributed by atoms with Crippen LogP contribution in [0.5, 0.6) is 5.75 Å². The van der Waals surface area contributed by atoms with Crippen LogP contribution in [0.4, 0.5) is 10.8 Å². The number of aromatic nitrogens is 1. The Morgan fingerprint density at radius 1 is 1.19 bits per heavy atom. The van der Waals surface area contributed by atoms with Crippen LogP contribution in [0, 0.1) is 0 Å². The average Bonchev–Trinajstić information content (AvgIpc) is 3.05. The molecule has 2 aromatic carbocycles. The summed E-state index contributed by atoms with van der Waals surface area (Å²) < 4.78 is 26.9. The van der Waals surface area contributed by atoms with E-state index in [0.717, 1.165) is 11.3 Å². The largest absolute Gasteiger partial charge is 0.506 e. The van der Waals surface area contributed by atoms with Gasteiger partial charge in [0.05, 0.1) is 22.7 Å². The summed E-state index contributed by atoms with van der Waals surface area (Å²) in [5, 5.41) is 14.4. The van der Waals surface area contributed by atoms with E-state index in [0.29, 0.717) is 10.7 Å². The molecule has 0 unspecified atom stereocenters. The van der Waals surface area contributed by atoms with Gasteiger partial charge in [0.1, 0.15) is 5.75 Å². The van der Waals surface area contributed by atoms with Gasteiger partial charge >= 0.3 is 0 Å². The number of thiazole rings is 1. The van der Waals surface area contributed by atoms with Gasteiger partial charge in [-0.15, -0.1) is 11.3 Å². The van der Waals surface area contributed by atoms with E-state index in [9.17, 15) is 18.3 Å². The van der Waals surface area contributed by atoms with Gasteiger partial charge in [0.2, 0.25) is 5.91 Å². The summed E-state index contributed by atoms with van der Waals surface area (Å²) in [7, 11) is -3.74. The summed E-state index contributed by atoms with van der Waals surface area (Å²) in [6.45, 7) is 0. The summed E-state index contributed by atoms with van der Waals surface area (Å²) >= 11 is 6.91. The van der Waals surface area contributed by atoms with Crippen molar-refractivity contribution in [3.05, 3.63) is 64.6 Å². The third-order valence-corrected chi connectivity index (χ3v) is 5.93. The van der Waals surface area contributed by atoms with Crippen molar-refractivity contribution in [3.63, 3.8) is 0 Å². The Hall–Kier alpha value is -2.62. The van der Waals surface area contributed by atoms with Crippen molar-refractivity contribution < 1.29 is 18.3 Å². The Balaban J connectivity index is 1.66. The smallest absolute Gasteiger partial charge is 0.263 e. The van der Waals surface area contributed by atoms with Crippen LogP contribution in [0.2, 0.25) is 5.02 Å². The van der Waals surface area contributed by atoms with E-state index >= 15 is 0 Å². The minimum absolute atomic E-state index is 0.0878. The number of sulfonamides is 1. The molecule has 0 spiro atoms. The first-order valence-electron chi connectivity index (χ1n) is 7.64. The van der Waals surface area contributed by atoms with Gasteiger partial charge in [-0.05, 0) is 30.3 Å². The molecule has 7 nitrogen and oxygen atoms in total. The van der Waals surface area contributed by atoms with Crippen LogP contribution >= 0.6 is 22.9 Å². The molecule has 27 heavy (non-hydrogen) atoms. The zero-order valence-corrected chi connectivity index (χ0v) is 16.1. The number of hydrogen-bond acceptors (Lipinski definition) is 6. The minimum Gasteiger partial charge on any atom is -0.506 e. The van der Waals surface area contributed by atoms with Crippen LogP contribution in [0.1, 0.15) is 5.69 Å². The van der Waals surface area contributed by atoms with Crippen LogP contribution < -0.4 is 10.0 Å².